The summed E-state index contributed by atoms with van der Waals surface area (Å²) in [4.78, 5) is 45.6. The number of nitrogens with one attached hydrogen (secondary N) is 3. The topological polar surface area (TPSA) is 174 Å². The minimum atomic E-state index is -1.87. The average molecular weight is 566 g/mol. The number of nitrogens with zero attached hydrogens (tertiary/aromatic N) is 4. The highest BCUT2D eigenvalue weighted by molar-refractivity contribution is 7.85. The van der Waals surface area contributed by atoms with Crippen molar-refractivity contribution in [3.8, 4) is 12.3 Å². The first-order chi connectivity index (χ1) is 19.1. The molecule has 206 valence electrons. The molecule has 1 amide bonds. The summed E-state index contributed by atoms with van der Waals surface area (Å²) in [6.45, 7) is 3.89. The van der Waals surface area contributed by atoms with Gasteiger partial charge in [0.05, 0.1) is 45.8 Å². The van der Waals surface area contributed by atoms with Crippen molar-refractivity contribution in [1.82, 2.24) is 30.7 Å². The average Bonchev–Trinajstić information content (AvgIpc) is 3.43. The maximum atomic E-state index is 15.1. The number of rotatable bonds is 10. The van der Waals surface area contributed by atoms with Crippen molar-refractivity contribution in [2.24, 2.45) is 0 Å². The lowest BCUT2D eigenvalue weighted by Gasteiger charge is -2.24. The van der Waals surface area contributed by atoms with Crippen molar-refractivity contribution in [3.63, 3.8) is 0 Å². The Hall–Kier alpha value is -4.90. The molecule has 12 nitrogen and oxygen atoms in total. The first-order valence-electron chi connectivity index (χ1n) is 11.8. The monoisotopic (exact) mass is 565 g/mol. The smallest absolute Gasteiger partial charge is 0.327 e. The number of H-pyrrole nitrogens is 2. The Balaban J connectivity index is 1.55. The van der Waals surface area contributed by atoms with Crippen LogP contribution < -0.4 is 15.8 Å². The summed E-state index contributed by atoms with van der Waals surface area (Å²) in [6, 6.07) is 5.74. The lowest BCUT2D eigenvalue weighted by Crippen LogP contribution is -2.44. The molecule has 0 radical (unpaired) electrons. The highest BCUT2D eigenvalue weighted by Gasteiger charge is 2.26. The fraction of sp³-hybridized carbons (Fsp3) is 0.231. The van der Waals surface area contributed by atoms with E-state index in [4.69, 9.17) is 6.42 Å². The van der Waals surface area contributed by atoms with Crippen molar-refractivity contribution >= 4 is 39.3 Å². The van der Waals surface area contributed by atoms with Gasteiger partial charge in [0.25, 0.3) is 11.5 Å². The number of carboxylic acid groups (broad SMARTS) is 1. The van der Waals surface area contributed by atoms with Gasteiger partial charge in [-0.15, -0.1) is 11.5 Å². The lowest BCUT2D eigenvalue weighted by atomic mass is 10.0. The summed E-state index contributed by atoms with van der Waals surface area (Å²) in [5.41, 5.74) is 1.86. The molecule has 2 aromatic carbocycles. The SMILES string of the molecule is C#CCN(Cc1cc2c(=O)[nH]c(C)nc2cc1C)c1ccc(C(=O)N[C@@H](CS(=O)c2cn[nH]n2)C(=O)O)c(F)c1. The van der Waals surface area contributed by atoms with Crippen LogP contribution >= 0.6 is 0 Å². The molecule has 0 bridgehead atoms. The summed E-state index contributed by atoms with van der Waals surface area (Å²) in [5, 5.41) is 21.5. The predicted molar refractivity (Wildman–Crippen MR) is 145 cm³/mol. The maximum absolute atomic E-state index is 15.1. The molecule has 2 aromatic heterocycles. The molecule has 0 saturated heterocycles. The number of anilines is 1. The number of fused-ring (bicyclic) bond motifs is 1. The summed E-state index contributed by atoms with van der Waals surface area (Å²) in [6.07, 6.45) is 6.73. The van der Waals surface area contributed by atoms with Crippen molar-refractivity contribution in [2.45, 2.75) is 31.5 Å². The first kappa shape index (κ1) is 28.1. The zero-order valence-electron chi connectivity index (χ0n) is 21.4. The molecule has 0 spiro atoms. The second-order valence-corrected chi connectivity index (χ2v) is 10.3. The molecule has 2 atom stereocenters. The Morgan fingerprint density at radius 2 is 2.05 bits per heavy atom. The van der Waals surface area contributed by atoms with Gasteiger partial charge in [-0.05, 0) is 55.3 Å². The maximum Gasteiger partial charge on any atom is 0.327 e. The van der Waals surface area contributed by atoms with Crippen LogP contribution in [0.1, 0.15) is 27.3 Å². The van der Waals surface area contributed by atoms with Gasteiger partial charge >= 0.3 is 5.97 Å². The molecule has 0 aliphatic carbocycles. The molecule has 14 heteroatoms. The van der Waals surface area contributed by atoms with Gasteiger partial charge < -0.3 is 20.3 Å². The van der Waals surface area contributed by atoms with Gasteiger partial charge in [0.2, 0.25) is 0 Å². The normalized spacial score (nSPS) is 12.4. The molecule has 4 N–H and O–H groups in total. The van der Waals surface area contributed by atoms with Crippen LogP contribution in [0.3, 0.4) is 0 Å². The Kier molecular flexibility index (Phi) is 8.34. The van der Waals surface area contributed by atoms with Crippen molar-refractivity contribution in [3.05, 3.63) is 75.2 Å². The largest absolute Gasteiger partial charge is 0.480 e. The molecule has 4 aromatic rings. The third kappa shape index (κ3) is 6.21. The number of carbonyl (C=O) groups is 2. The van der Waals surface area contributed by atoms with Crippen LogP contribution in [0.25, 0.3) is 10.9 Å². The number of terminal acetylenes is 1. The second kappa shape index (κ2) is 11.9. The minimum Gasteiger partial charge on any atom is -0.480 e. The Bertz CT molecular complexity index is 1720. The van der Waals surface area contributed by atoms with E-state index in [-0.39, 0.29) is 23.7 Å². The lowest BCUT2D eigenvalue weighted by molar-refractivity contribution is -0.138. The fourth-order valence-electron chi connectivity index (χ4n) is 4.01. The van der Waals surface area contributed by atoms with E-state index in [0.717, 1.165) is 17.2 Å². The number of hydrogen-bond acceptors (Lipinski definition) is 8. The predicted octanol–water partition coefficient (Wildman–Crippen LogP) is 1.43. The highest BCUT2D eigenvalue weighted by atomic mass is 32.2. The van der Waals surface area contributed by atoms with Crippen LogP contribution in [0.5, 0.6) is 0 Å². The van der Waals surface area contributed by atoms with Crippen LogP contribution in [0.2, 0.25) is 0 Å². The summed E-state index contributed by atoms with van der Waals surface area (Å²) >= 11 is 0. The molecular weight excluding hydrogens is 541 g/mol. The zero-order valence-corrected chi connectivity index (χ0v) is 22.2. The third-order valence-electron chi connectivity index (χ3n) is 6.03. The summed E-state index contributed by atoms with van der Waals surface area (Å²) in [5.74, 6) is -0.827. The first-order valence-corrected chi connectivity index (χ1v) is 13.1. The van der Waals surface area contributed by atoms with E-state index in [1.807, 2.05) is 6.92 Å². The number of amides is 1. The minimum absolute atomic E-state index is 0.0160. The fourth-order valence-corrected chi connectivity index (χ4v) is 5.02. The standard InChI is InChI=1S/C26H24FN7O5S/c1-4-7-34(12-16-9-19-21(8-14(16)2)29-15(3)30-25(19)36)17-5-6-18(20(27)10-17)24(35)31-22(26(37)38)13-40(39)23-11-28-33-32-23/h1,5-6,8-11,22H,7,12-13H2,2-3H3,(H,31,35)(H,37,38)(H,28,32,33)(H,29,30,36)/t22-,40?/m0/s1. The zero-order chi connectivity index (χ0) is 29.0. The number of aryl methyl sites for hydroxylation is 2. The van der Waals surface area contributed by atoms with E-state index in [1.165, 1.54) is 18.3 Å². The van der Waals surface area contributed by atoms with E-state index < -0.39 is 45.9 Å². The van der Waals surface area contributed by atoms with Gasteiger partial charge in [0, 0.05) is 12.2 Å². The molecule has 0 fully saturated rings. The van der Waals surface area contributed by atoms with Crippen LogP contribution in [0.15, 0.2) is 46.3 Å². The molecule has 0 aliphatic rings. The van der Waals surface area contributed by atoms with Gasteiger partial charge in [-0.25, -0.2) is 14.2 Å². The molecule has 1 unspecified atom stereocenters. The second-order valence-electron chi connectivity index (χ2n) is 8.86. The molecule has 4 rings (SSSR count). The quantitative estimate of drug-likeness (QED) is 0.207. The van der Waals surface area contributed by atoms with Crippen molar-refractivity contribution in [1.29, 1.82) is 0 Å². The molecule has 0 aliphatic heterocycles. The number of aromatic amines is 2. The number of hydrogen-bond donors (Lipinski definition) is 4. The van der Waals surface area contributed by atoms with Crippen LogP contribution in [0.4, 0.5) is 10.1 Å². The van der Waals surface area contributed by atoms with E-state index >= 15 is 4.39 Å². The van der Waals surface area contributed by atoms with E-state index in [2.05, 4.69) is 36.6 Å². The number of carbonyl (C=O) groups excluding carboxylic acids is 1. The molecular formula is C26H24FN7O5S. The molecule has 2 heterocycles. The van der Waals surface area contributed by atoms with Gasteiger partial charge in [0.15, 0.2) is 5.03 Å². The van der Waals surface area contributed by atoms with Crippen LogP contribution in [-0.2, 0) is 22.1 Å². The Morgan fingerprint density at radius 3 is 2.70 bits per heavy atom. The highest BCUT2D eigenvalue weighted by Crippen LogP contribution is 2.24. The van der Waals surface area contributed by atoms with Gasteiger partial charge in [0.1, 0.15) is 17.7 Å². The van der Waals surface area contributed by atoms with Crippen LogP contribution in [0, 0.1) is 32.0 Å². The summed E-state index contributed by atoms with van der Waals surface area (Å²) < 4.78 is 27.5. The van der Waals surface area contributed by atoms with Crippen LogP contribution in [-0.4, -0.2) is 64.9 Å². The number of halogens is 1. The van der Waals surface area contributed by atoms with Crippen molar-refractivity contribution in [2.75, 3.05) is 17.2 Å². The molecule has 40 heavy (non-hydrogen) atoms. The van der Waals surface area contributed by atoms with Gasteiger partial charge in [-0.1, -0.05) is 5.92 Å². The van der Waals surface area contributed by atoms with E-state index in [0.29, 0.717) is 22.4 Å². The van der Waals surface area contributed by atoms with Gasteiger partial charge in [-0.2, -0.15) is 10.3 Å². The van der Waals surface area contributed by atoms with Gasteiger partial charge in [-0.3, -0.25) is 13.8 Å². The number of benzene rings is 2. The third-order valence-corrected chi connectivity index (χ3v) is 7.33. The van der Waals surface area contributed by atoms with Crippen molar-refractivity contribution < 1.29 is 23.3 Å². The molecule has 0 saturated carbocycles. The Labute approximate surface area is 229 Å². The number of carboxylic acids is 1. The number of aromatic nitrogens is 5. The van der Waals surface area contributed by atoms with E-state index in [1.54, 1.807) is 24.0 Å². The van der Waals surface area contributed by atoms with E-state index in [9.17, 15) is 23.7 Å². The number of aliphatic carboxylic acids is 1. The Morgan fingerprint density at radius 1 is 1.27 bits per heavy atom. The summed E-state index contributed by atoms with van der Waals surface area (Å²) in [7, 11) is -1.87.